The van der Waals surface area contributed by atoms with E-state index in [-0.39, 0.29) is 5.78 Å². The van der Waals surface area contributed by atoms with Gasteiger partial charge in [-0.3, -0.25) is 9.48 Å². The Kier molecular flexibility index (Phi) is 3.86. The lowest BCUT2D eigenvalue weighted by molar-refractivity contribution is 0.104. The Labute approximate surface area is 117 Å². The van der Waals surface area contributed by atoms with E-state index in [0.29, 0.717) is 10.6 Å². The molecule has 0 spiro atoms. The SMILES string of the molecule is Cc1nn(C)c(C)c1C(=O)/C=C/c1cccc(Cl)c1. The van der Waals surface area contributed by atoms with Gasteiger partial charge in [0.05, 0.1) is 11.3 Å². The van der Waals surface area contributed by atoms with Crippen LogP contribution in [-0.2, 0) is 7.05 Å². The zero-order valence-electron chi connectivity index (χ0n) is 11.1. The summed E-state index contributed by atoms with van der Waals surface area (Å²) in [6.07, 6.45) is 3.32. The molecule has 1 aromatic heterocycles. The summed E-state index contributed by atoms with van der Waals surface area (Å²) in [6.45, 7) is 3.73. The van der Waals surface area contributed by atoms with Crippen molar-refractivity contribution >= 4 is 23.5 Å². The molecule has 0 amide bonds. The molecule has 3 nitrogen and oxygen atoms in total. The molecule has 2 rings (SSSR count). The molecule has 0 saturated heterocycles. The third-order valence-electron chi connectivity index (χ3n) is 3.03. The van der Waals surface area contributed by atoms with Crippen molar-refractivity contribution in [3.63, 3.8) is 0 Å². The lowest BCUT2D eigenvalue weighted by Crippen LogP contribution is -1.99. The van der Waals surface area contributed by atoms with Gasteiger partial charge in [-0.25, -0.2) is 0 Å². The fourth-order valence-electron chi connectivity index (χ4n) is 2.00. The average molecular weight is 275 g/mol. The smallest absolute Gasteiger partial charge is 0.189 e. The Bertz CT molecular complexity index is 656. The van der Waals surface area contributed by atoms with Crippen molar-refractivity contribution in [2.75, 3.05) is 0 Å². The summed E-state index contributed by atoms with van der Waals surface area (Å²) in [4.78, 5) is 12.2. The molecular formula is C15H15ClN2O. The summed E-state index contributed by atoms with van der Waals surface area (Å²) < 4.78 is 1.72. The number of ketones is 1. The van der Waals surface area contributed by atoms with Crippen LogP contribution in [0.15, 0.2) is 30.3 Å². The van der Waals surface area contributed by atoms with Crippen LogP contribution in [0, 0.1) is 13.8 Å². The van der Waals surface area contributed by atoms with E-state index in [9.17, 15) is 4.79 Å². The van der Waals surface area contributed by atoms with Crippen LogP contribution in [0.2, 0.25) is 5.02 Å². The molecule has 0 aliphatic heterocycles. The normalized spacial score (nSPS) is 11.2. The summed E-state index contributed by atoms with van der Waals surface area (Å²) in [6, 6.07) is 7.37. The molecule has 0 atom stereocenters. The third kappa shape index (κ3) is 2.93. The number of benzene rings is 1. The number of halogens is 1. The van der Waals surface area contributed by atoms with Gasteiger partial charge in [-0.2, -0.15) is 5.10 Å². The maximum Gasteiger partial charge on any atom is 0.189 e. The fourth-order valence-corrected chi connectivity index (χ4v) is 2.19. The molecule has 0 bridgehead atoms. The highest BCUT2D eigenvalue weighted by Gasteiger charge is 2.14. The van der Waals surface area contributed by atoms with E-state index < -0.39 is 0 Å². The first-order valence-electron chi connectivity index (χ1n) is 5.97. The quantitative estimate of drug-likeness (QED) is 0.633. The first-order chi connectivity index (χ1) is 8.99. The molecule has 2 aromatic rings. The van der Waals surface area contributed by atoms with Gasteiger partial charge in [-0.15, -0.1) is 0 Å². The number of carbonyl (C=O) groups is 1. The van der Waals surface area contributed by atoms with Crippen molar-refractivity contribution in [2.24, 2.45) is 7.05 Å². The number of allylic oxidation sites excluding steroid dienone is 1. The van der Waals surface area contributed by atoms with Gasteiger partial charge in [0.15, 0.2) is 5.78 Å². The molecular weight excluding hydrogens is 260 g/mol. The van der Waals surface area contributed by atoms with Crippen molar-refractivity contribution in [3.05, 3.63) is 57.9 Å². The number of aromatic nitrogens is 2. The number of rotatable bonds is 3. The minimum atomic E-state index is -0.0388. The van der Waals surface area contributed by atoms with Crippen LogP contribution in [0.4, 0.5) is 0 Å². The van der Waals surface area contributed by atoms with Crippen molar-refractivity contribution < 1.29 is 4.79 Å². The van der Waals surface area contributed by atoms with Crippen LogP contribution in [0.3, 0.4) is 0 Å². The third-order valence-corrected chi connectivity index (χ3v) is 3.27. The van der Waals surface area contributed by atoms with Gasteiger partial charge in [0, 0.05) is 17.8 Å². The Morgan fingerprint density at radius 3 is 2.68 bits per heavy atom. The Balaban J connectivity index is 2.26. The molecule has 98 valence electrons. The highest BCUT2D eigenvalue weighted by Crippen LogP contribution is 2.15. The van der Waals surface area contributed by atoms with E-state index in [2.05, 4.69) is 5.10 Å². The lowest BCUT2D eigenvalue weighted by Gasteiger charge is -1.97. The molecule has 0 saturated carbocycles. The predicted molar refractivity (Wildman–Crippen MR) is 77.5 cm³/mol. The zero-order chi connectivity index (χ0) is 14.0. The van der Waals surface area contributed by atoms with E-state index >= 15 is 0 Å². The van der Waals surface area contributed by atoms with E-state index in [4.69, 9.17) is 11.6 Å². The molecule has 4 heteroatoms. The number of carbonyl (C=O) groups excluding carboxylic acids is 1. The van der Waals surface area contributed by atoms with E-state index in [1.54, 1.807) is 22.9 Å². The molecule has 0 aliphatic carbocycles. The van der Waals surface area contributed by atoms with Crippen LogP contribution in [0.5, 0.6) is 0 Å². The summed E-state index contributed by atoms with van der Waals surface area (Å²) in [5.74, 6) is -0.0388. The van der Waals surface area contributed by atoms with Crippen molar-refractivity contribution in [1.82, 2.24) is 9.78 Å². The molecule has 0 unspecified atom stereocenters. The second-order valence-electron chi connectivity index (χ2n) is 4.42. The zero-order valence-corrected chi connectivity index (χ0v) is 11.9. The number of aryl methyl sites for hydroxylation is 2. The Morgan fingerprint density at radius 2 is 2.11 bits per heavy atom. The standard InChI is InChI=1S/C15H15ClN2O/c1-10-15(11(2)18(3)17-10)14(19)8-7-12-5-4-6-13(16)9-12/h4-9H,1-3H3/b8-7+. The van der Waals surface area contributed by atoms with Crippen LogP contribution in [0.25, 0.3) is 6.08 Å². The van der Waals surface area contributed by atoms with Gasteiger partial charge < -0.3 is 0 Å². The molecule has 1 aromatic carbocycles. The maximum atomic E-state index is 12.2. The molecule has 0 radical (unpaired) electrons. The van der Waals surface area contributed by atoms with E-state index in [1.165, 1.54) is 0 Å². The Morgan fingerprint density at radius 1 is 1.37 bits per heavy atom. The van der Waals surface area contributed by atoms with Gasteiger partial charge in [0.2, 0.25) is 0 Å². The highest BCUT2D eigenvalue weighted by molar-refractivity contribution is 6.30. The summed E-state index contributed by atoms with van der Waals surface area (Å²) in [5, 5.41) is 4.90. The van der Waals surface area contributed by atoms with Gasteiger partial charge in [0.25, 0.3) is 0 Å². The van der Waals surface area contributed by atoms with Gasteiger partial charge >= 0.3 is 0 Å². The number of hydrogen-bond acceptors (Lipinski definition) is 2. The molecule has 0 N–H and O–H groups in total. The molecule has 0 aliphatic rings. The first kappa shape index (κ1) is 13.6. The van der Waals surface area contributed by atoms with Gasteiger partial charge in [-0.05, 0) is 37.6 Å². The molecule has 19 heavy (non-hydrogen) atoms. The minimum absolute atomic E-state index is 0.0388. The predicted octanol–water partition coefficient (Wildman–Crippen LogP) is 3.59. The fraction of sp³-hybridized carbons (Fsp3) is 0.200. The largest absolute Gasteiger partial charge is 0.289 e. The van der Waals surface area contributed by atoms with Crippen LogP contribution in [0.1, 0.15) is 27.3 Å². The van der Waals surface area contributed by atoms with Gasteiger partial charge in [0.1, 0.15) is 0 Å². The lowest BCUT2D eigenvalue weighted by atomic mass is 10.1. The van der Waals surface area contributed by atoms with Gasteiger partial charge in [-0.1, -0.05) is 29.8 Å². The Hall–Kier alpha value is -1.87. The van der Waals surface area contributed by atoms with Crippen molar-refractivity contribution in [2.45, 2.75) is 13.8 Å². The second-order valence-corrected chi connectivity index (χ2v) is 4.86. The molecule has 1 heterocycles. The van der Waals surface area contributed by atoms with E-state index in [0.717, 1.165) is 17.0 Å². The van der Waals surface area contributed by atoms with E-state index in [1.807, 2.05) is 39.1 Å². The van der Waals surface area contributed by atoms with Crippen LogP contribution < -0.4 is 0 Å². The van der Waals surface area contributed by atoms with Crippen LogP contribution in [-0.4, -0.2) is 15.6 Å². The van der Waals surface area contributed by atoms with Crippen LogP contribution >= 0.6 is 11.6 Å². The summed E-state index contributed by atoms with van der Waals surface area (Å²) in [7, 11) is 1.83. The maximum absolute atomic E-state index is 12.2. The summed E-state index contributed by atoms with van der Waals surface area (Å²) in [5.41, 5.74) is 3.19. The van der Waals surface area contributed by atoms with Crippen molar-refractivity contribution in [3.8, 4) is 0 Å². The number of hydrogen-bond donors (Lipinski definition) is 0. The minimum Gasteiger partial charge on any atom is -0.289 e. The highest BCUT2D eigenvalue weighted by atomic mass is 35.5. The monoisotopic (exact) mass is 274 g/mol. The second kappa shape index (κ2) is 5.41. The number of nitrogens with zero attached hydrogens (tertiary/aromatic N) is 2. The summed E-state index contributed by atoms with van der Waals surface area (Å²) >= 11 is 5.90. The van der Waals surface area contributed by atoms with Crippen molar-refractivity contribution in [1.29, 1.82) is 0 Å². The topological polar surface area (TPSA) is 34.9 Å². The first-order valence-corrected chi connectivity index (χ1v) is 6.35. The molecule has 0 fully saturated rings. The average Bonchev–Trinajstić information content (AvgIpc) is 2.61.